The normalized spacial score (nSPS) is 12.4. The fraction of sp³-hybridized carbons (Fsp3) is 0.381. The lowest BCUT2D eigenvalue weighted by Crippen LogP contribution is -2.43. The maximum atomic E-state index is 13.2. The second-order valence-corrected chi connectivity index (χ2v) is 8.71. The Morgan fingerprint density at radius 1 is 1.07 bits per heavy atom. The van der Waals surface area contributed by atoms with Crippen LogP contribution in [0, 0.1) is 13.8 Å². The van der Waals surface area contributed by atoms with Crippen molar-refractivity contribution in [3.63, 3.8) is 0 Å². The number of carbonyl (C=O) groups excluding carboxylic acids is 1. The maximum absolute atomic E-state index is 13.2. The van der Waals surface area contributed by atoms with E-state index in [-0.39, 0.29) is 23.4 Å². The van der Waals surface area contributed by atoms with Crippen LogP contribution in [0.15, 0.2) is 53.4 Å². The van der Waals surface area contributed by atoms with Crippen LogP contribution < -0.4 is 9.62 Å². The van der Waals surface area contributed by atoms with Crippen molar-refractivity contribution in [2.75, 3.05) is 10.8 Å². The van der Waals surface area contributed by atoms with Crippen LogP contribution in [-0.4, -0.2) is 26.9 Å². The SMILES string of the molecule is CCC[C@@H](C)NC(=O)CN(c1ccc(C)c(C)c1)S(=O)(=O)c1ccccc1. The van der Waals surface area contributed by atoms with E-state index in [0.29, 0.717) is 5.69 Å². The Morgan fingerprint density at radius 2 is 1.74 bits per heavy atom. The highest BCUT2D eigenvalue weighted by Gasteiger charge is 2.27. The molecule has 2 rings (SSSR count). The Kier molecular flexibility index (Phi) is 7.02. The van der Waals surface area contributed by atoms with Gasteiger partial charge in [-0.3, -0.25) is 9.10 Å². The van der Waals surface area contributed by atoms with Gasteiger partial charge in [0, 0.05) is 6.04 Å². The lowest BCUT2D eigenvalue weighted by atomic mass is 10.1. The van der Waals surface area contributed by atoms with E-state index in [2.05, 4.69) is 5.32 Å². The monoisotopic (exact) mass is 388 g/mol. The molecule has 27 heavy (non-hydrogen) atoms. The summed E-state index contributed by atoms with van der Waals surface area (Å²) in [4.78, 5) is 12.7. The highest BCUT2D eigenvalue weighted by Crippen LogP contribution is 2.25. The number of nitrogens with zero attached hydrogens (tertiary/aromatic N) is 1. The van der Waals surface area contributed by atoms with Gasteiger partial charge < -0.3 is 5.32 Å². The first-order chi connectivity index (χ1) is 12.8. The van der Waals surface area contributed by atoms with E-state index in [0.717, 1.165) is 24.0 Å². The molecular formula is C21H28N2O3S. The lowest BCUT2D eigenvalue weighted by Gasteiger charge is -2.25. The molecule has 2 aromatic rings. The van der Waals surface area contributed by atoms with Crippen molar-refractivity contribution in [2.24, 2.45) is 0 Å². The second-order valence-electron chi connectivity index (χ2n) is 6.85. The number of sulfonamides is 1. The molecule has 0 radical (unpaired) electrons. The average molecular weight is 389 g/mol. The Balaban J connectivity index is 2.40. The molecule has 0 saturated heterocycles. The third-order valence-electron chi connectivity index (χ3n) is 4.53. The van der Waals surface area contributed by atoms with Crippen LogP contribution in [0.4, 0.5) is 5.69 Å². The van der Waals surface area contributed by atoms with Gasteiger partial charge in [0.25, 0.3) is 10.0 Å². The quantitative estimate of drug-likeness (QED) is 0.748. The summed E-state index contributed by atoms with van der Waals surface area (Å²) in [6.45, 7) is 7.61. The van der Waals surface area contributed by atoms with Gasteiger partial charge in [-0.2, -0.15) is 0 Å². The zero-order valence-corrected chi connectivity index (χ0v) is 17.2. The van der Waals surface area contributed by atoms with Crippen LogP contribution in [-0.2, 0) is 14.8 Å². The summed E-state index contributed by atoms with van der Waals surface area (Å²) in [5, 5.41) is 2.89. The van der Waals surface area contributed by atoms with Gasteiger partial charge >= 0.3 is 0 Å². The largest absolute Gasteiger partial charge is 0.352 e. The van der Waals surface area contributed by atoms with Crippen molar-refractivity contribution in [2.45, 2.75) is 51.5 Å². The van der Waals surface area contributed by atoms with Gasteiger partial charge in [-0.1, -0.05) is 37.6 Å². The van der Waals surface area contributed by atoms with Gasteiger partial charge in [-0.15, -0.1) is 0 Å². The number of aryl methyl sites for hydroxylation is 2. The second kappa shape index (κ2) is 9.04. The molecule has 1 amide bonds. The molecule has 0 fully saturated rings. The average Bonchev–Trinajstić information content (AvgIpc) is 2.63. The highest BCUT2D eigenvalue weighted by atomic mass is 32.2. The summed E-state index contributed by atoms with van der Waals surface area (Å²) in [5.41, 5.74) is 2.53. The summed E-state index contributed by atoms with van der Waals surface area (Å²) in [6.07, 6.45) is 1.80. The lowest BCUT2D eigenvalue weighted by molar-refractivity contribution is -0.120. The topological polar surface area (TPSA) is 66.5 Å². The van der Waals surface area contributed by atoms with E-state index in [9.17, 15) is 13.2 Å². The van der Waals surface area contributed by atoms with Crippen LogP contribution in [0.5, 0.6) is 0 Å². The molecule has 0 aromatic heterocycles. The predicted octanol–water partition coefficient (Wildman–Crippen LogP) is 3.80. The van der Waals surface area contributed by atoms with Crippen molar-refractivity contribution >= 4 is 21.6 Å². The number of hydrogen-bond acceptors (Lipinski definition) is 3. The minimum Gasteiger partial charge on any atom is -0.352 e. The fourth-order valence-corrected chi connectivity index (χ4v) is 4.31. The van der Waals surface area contributed by atoms with Crippen LogP contribution in [0.2, 0.25) is 0 Å². The molecule has 0 unspecified atom stereocenters. The van der Waals surface area contributed by atoms with Crippen LogP contribution in [0.25, 0.3) is 0 Å². The van der Waals surface area contributed by atoms with Crippen LogP contribution in [0.1, 0.15) is 37.8 Å². The Hall–Kier alpha value is -2.34. The Morgan fingerprint density at radius 3 is 2.33 bits per heavy atom. The highest BCUT2D eigenvalue weighted by molar-refractivity contribution is 7.92. The van der Waals surface area contributed by atoms with Crippen molar-refractivity contribution in [3.8, 4) is 0 Å². The molecule has 1 N–H and O–H groups in total. The molecule has 0 bridgehead atoms. The van der Waals surface area contributed by atoms with Crippen molar-refractivity contribution in [1.29, 1.82) is 0 Å². The molecule has 0 heterocycles. The van der Waals surface area contributed by atoms with Crippen molar-refractivity contribution < 1.29 is 13.2 Å². The van der Waals surface area contributed by atoms with E-state index in [1.54, 1.807) is 42.5 Å². The number of benzene rings is 2. The Bertz CT molecular complexity index is 880. The van der Waals surface area contributed by atoms with Gasteiger partial charge in [0.15, 0.2) is 0 Å². The fourth-order valence-electron chi connectivity index (χ4n) is 2.87. The van der Waals surface area contributed by atoms with Gasteiger partial charge in [-0.05, 0) is 62.6 Å². The van der Waals surface area contributed by atoms with Crippen LogP contribution in [0.3, 0.4) is 0 Å². The number of anilines is 1. The molecule has 1 atom stereocenters. The number of rotatable bonds is 8. The molecule has 0 aliphatic heterocycles. The van der Waals surface area contributed by atoms with Gasteiger partial charge in [0.1, 0.15) is 6.54 Å². The predicted molar refractivity (Wildman–Crippen MR) is 109 cm³/mol. The van der Waals surface area contributed by atoms with Gasteiger partial charge in [0.2, 0.25) is 5.91 Å². The molecule has 0 saturated carbocycles. The van der Waals surface area contributed by atoms with E-state index < -0.39 is 10.0 Å². The van der Waals surface area contributed by atoms with E-state index in [1.807, 2.05) is 33.8 Å². The first-order valence-corrected chi connectivity index (χ1v) is 10.6. The van der Waals surface area contributed by atoms with Gasteiger partial charge in [-0.25, -0.2) is 8.42 Å². The summed E-state index contributed by atoms with van der Waals surface area (Å²) in [6, 6.07) is 13.6. The smallest absolute Gasteiger partial charge is 0.264 e. The Labute approximate surface area is 162 Å². The van der Waals surface area contributed by atoms with Crippen LogP contribution >= 0.6 is 0 Å². The van der Waals surface area contributed by atoms with E-state index >= 15 is 0 Å². The maximum Gasteiger partial charge on any atom is 0.264 e. The molecule has 5 nitrogen and oxygen atoms in total. The molecular weight excluding hydrogens is 360 g/mol. The zero-order valence-electron chi connectivity index (χ0n) is 16.4. The minimum atomic E-state index is -3.85. The minimum absolute atomic E-state index is 0.00327. The standard InChI is InChI=1S/C21H28N2O3S/c1-5-9-18(4)22-21(24)15-23(19-13-12-16(2)17(3)14-19)27(25,26)20-10-7-6-8-11-20/h6-8,10-14,18H,5,9,15H2,1-4H3,(H,22,24)/t18-/m1/s1. The summed E-state index contributed by atoms with van der Waals surface area (Å²) in [7, 11) is -3.85. The molecule has 2 aromatic carbocycles. The summed E-state index contributed by atoms with van der Waals surface area (Å²) in [5.74, 6) is -0.311. The molecule has 0 aliphatic rings. The number of nitrogens with one attached hydrogen (secondary N) is 1. The third-order valence-corrected chi connectivity index (χ3v) is 6.31. The van der Waals surface area contributed by atoms with E-state index in [4.69, 9.17) is 0 Å². The van der Waals surface area contributed by atoms with E-state index in [1.165, 1.54) is 4.31 Å². The first-order valence-electron chi connectivity index (χ1n) is 9.20. The third kappa shape index (κ3) is 5.32. The van der Waals surface area contributed by atoms with Gasteiger partial charge in [0.05, 0.1) is 10.6 Å². The number of carbonyl (C=O) groups is 1. The molecule has 0 aliphatic carbocycles. The molecule has 146 valence electrons. The molecule has 6 heteroatoms. The number of hydrogen-bond donors (Lipinski definition) is 1. The zero-order chi connectivity index (χ0) is 20.0. The van der Waals surface area contributed by atoms with Crippen molar-refractivity contribution in [1.82, 2.24) is 5.32 Å². The first kappa shape index (κ1) is 21.0. The van der Waals surface area contributed by atoms with Crippen molar-refractivity contribution in [3.05, 3.63) is 59.7 Å². The number of amides is 1. The molecule has 0 spiro atoms. The summed E-state index contributed by atoms with van der Waals surface area (Å²) < 4.78 is 27.6. The summed E-state index contributed by atoms with van der Waals surface area (Å²) >= 11 is 0.